The highest BCUT2D eigenvalue weighted by Crippen LogP contribution is 2.23. The number of benzene rings is 1. The first-order chi connectivity index (χ1) is 13.7. The molecular formula is C21H29N5O2. The second-order valence-corrected chi connectivity index (χ2v) is 7.50. The molecule has 0 aliphatic carbocycles. The lowest BCUT2D eigenvalue weighted by Crippen LogP contribution is -2.51. The number of carbonyl (C=O) groups excluding carboxylic acids is 1. The Bertz CT molecular complexity index is 792. The highest BCUT2D eigenvalue weighted by molar-refractivity contribution is 5.78. The summed E-state index contributed by atoms with van der Waals surface area (Å²) in [6, 6.07) is 8.00. The van der Waals surface area contributed by atoms with Gasteiger partial charge in [0.05, 0.1) is 19.3 Å². The van der Waals surface area contributed by atoms with Crippen molar-refractivity contribution in [3.05, 3.63) is 36.7 Å². The molecule has 0 bridgehead atoms. The lowest BCUT2D eigenvalue weighted by Gasteiger charge is -2.36. The molecule has 1 aromatic heterocycles. The molecule has 0 radical (unpaired) electrons. The number of amides is 1. The van der Waals surface area contributed by atoms with Crippen molar-refractivity contribution in [2.45, 2.75) is 19.3 Å². The molecule has 7 heteroatoms. The van der Waals surface area contributed by atoms with Crippen LogP contribution in [0.3, 0.4) is 0 Å². The van der Waals surface area contributed by atoms with Gasteiger partial charge in [-0.2, -0.15) is 0 Å². The number of piperazine rings is 1. The maximum absolute atomic E-state index is 12.5. The Morgan fingerprint density at radius 3 is 2.61 bits per heavy atom. The predicted molar refractivity (Wildman–Crippen MR) is 109 cm³/mol. The van der Waals surface area contributed by atoms with Crippen LogP contribution in [0.15, 0.2) is 36.7 Å². The van der Waals surface area contributed by atoms with Gasteiger partial charge in [0.25, 0.3) is 0 Å². The van der Waals surface area contributed by atoms with Crippen LogP contribution in [0.25, 0.3) is 5.69 Å². The number of hydrogen-bond donors (Lipinski definition) is 0. The molecule has 0 spiro atoms. The SMILES string of the molecule is COc1cccc(-n2ccnc2N2CCN(CC(=O)N3CCCCC3)CC2)c1. The molecule has 2 saturated heterocycles. The number of carbonyl (C=O) groups is 1. The molecule has 0 atom stereocenters. The lowest BCUT2D eigenvalue weighted by atomic mass is 10.1. The number of ether oxygens (including phenoxy) is 1. The van der Waals surface area contributed by atoms with Crippen molar-refractivity contribution in [2.75, 3.05) is 57.8 Å². The number of imidazole rings is 1. The van der Waals surface area contributed by atoms with Crippen LogP contribution >= 0.6 is 0 Å². The Morgan fingerprint density at radius 1 is 1.07 bits per heavy atom. The molecular weight excluding hydrogens is 354 g/mol. The second-order valence-electron chi connectivity index (χ2n) is 7.50. The van der Waals surface area contributed by atoms with Gasteiger partial charge in [-0.3, -0.25) is 14.3 Å². The summed E-state index contributed by atoms with van der Waals surface area (Å²) >= 11 is 0. The van der Waals surface area contributed by atoms with Gasteiger partial charge in [-0.1, -0.05) is 6.07 Å². The first kappa shape index (κ1) is 18.8. The number of anilines is 1. The Kier molecular flexibility index (Phi) is 5.81. The molecule has 28 heavy (non-hydrogen) atoms. The van der Waals surface area contributed by atoms with Gasteiger partial charge in [0, 0.05) is 57.7 Å². The van der Waals surface area contributed by atoms with Crippen molar-refractivity contribution < 1.29 is 9.53 Å². The predicted octanol–water partition coefficient (Wildman–Crippen LogP) is 2.02. The molecule has 0 saturated carbocycles. The van der Waals surface area contributed by atoms with Gasteiger partial charge in [-0.25, -0.2) is 4.98 Å². The second kappa shape index (κ2) is 8.65. The Hall–Kier alpha value is -2.54. The highest BCUT2D eigenvalue weighted by atomic mass is 16.5. The smallest absolute Gasteiger partial charge is 0.236 e. The van der Waals surface area contributed by atoms with Gasteiger partial charge < -0.3 is 14.5 Å². The quantitative estimate of drug-likeness (QED) is 0.791. The van der Waals surface area contributed by atoms with E-state index in [0.717, 1.165) is 69.5 Å². The lowest BCUT2D eigenvalue weighted by molar-refractivity contribution is -0.133. The molecule has 3 heterocycles. The Labute approximate surface area is 166 Å². The highest BCUT2D eigenvalue weighted by Gasteiger charge is 2.24. The summed E-state index contributed by atoms with van der Waals surface area (Å²) in [5.41, 5.74) is 1.04. The van der Waals surface area contributed by atoms with E-state index in [1.54, 1.807) is 7.11 Å². The average Bonchev–Trinajstić information content (AvgIpc) is 3.25. The van der Waals surface area contributed by atoms with E-state index in [4.69, 9.17) is 4.74 Å². The zero-order valence-electron chi connectivity index (χ0n) is 16.6. The van der Waals surface area contributed by atoms with E-state index in [0.29, 0.717) is 6.54 Å². The summed E-state index contributed by atoms with van der Waals surface area (Å²) in [4.78, 5) is 23.7. The topological polar surface area (TPSA) is 53.8 Å². The van der Waals surface area contributed by atoms with Crippen molar-refractivity contribution in [3.8, 4) is 11.4 Å². The number of methoxy groups -OCH3 is 1. The van der Waals surface area contributed by atoms with E-state index in [1.165, 1.54) is 6.42 Å². The van der Waals surface area contributed by atoms with Crippen LogP contribution in [-0.4, -0.2) is 78.2 Å². The van der Waals surface area contributed by atoms with E-state index >= 15 is 0 Å². The molecule has 7 nitrogen and oxygen atoms in total. The summed E-state index contributed by atoms with van der Waals surface area (Å²) in [6.45, 7) is 5.89. The summed E-state index contributed by atoms with van der Waals surface area (Å²) in [6.07, 6.45) is 7.36. The van der Waals surface area contributed by atoms with Crippen molar-refractivity contribution >= 4 is 11.9 Å². The average molecular weight is 383 g/mol. The number of hydrogen-bond acceptors (Lipinski definition) is 5. The van der Waals surface area contributed by atoms with E-state index in [-0.39, 0.29) is 5.91 Å². The first-order valence-corrected chi connectivity index (χ1v) is 10.2. The zero-order chi connectivity index (χ0) is 19.3. The van der Waals surface area contributed by atoms with Gasteiger partial charge in [0.2, 0.25) is 11.9 Å². The fraction of sp³-hybridized carbons (Fsp3) is 0.524. The molecule has 1 amide bonds. The van der Waals surface area contributed by atoms with Crippen LogP contribution < -0.4 is 9.64 Å². The third kappa shape index (κ3) is 4.14. The van der Waals surface area contributed by atoms with Crippen molar-refractivity contribution in [2.24, 2.45) is 0 Å². The molecule has 2 fully saturated rings. The van der Waals surface area contributed by atoms with Crippen molar-refractivity contribution in [1.29, 1.82) is 0 Å². The largest absolute Gasteiger partial charge is 0.497 e. The summed E-state index contributed by atoms with van der Waals surface area (Å²) in [5, 5.41) is 0. The molecule has 4 rings (SSSR count). The number of aromatic nitrogens is 2. The zero-order valence-corrected chi connectivity index (χ0v) is 16.6. The summed E-state index contributed by atoms with van der Waals surface area (Å²) in [5.74, 6) is 2.06. The van der Waals surface area contributed by atoms with Gasteiger partial charge in [-0.05, 0) is 31.4 Å². The van der Waals surface area contributed by atoms with Crippen LogP contribution in [0.1, 0.15) is 19.3 Å². The molecule has 1 aromatic carbocycles. The Morgan fingerprint density at radius 2 is 1.86 bits per heavy atom. The minimum absolute atomic E-state index is 0.283. The van der Waals surface area contributed by atoms with Gasteiger partial charge in [0.1, 0.15) is 5.75 Å². The van der Waals surface area contributed by atoms with Crippen LogP contribution in [0, 0.1) is 0 Å². The van der Waals surface area contributed by atoms with E-state index in [1.807, 2.05) is 35.5 Å². The minimum atomic E-state index is 0.283. The van der Waals surface area contributed by atoms with Crippen LogP contribution in [-0.2, 0) is 4.79 Å². The summed E-state index contributed by atoms with van der Waals surface area (Å²) in [7, 11) is 1.68. The third-order valence-corrected chi connectivity index (χ3v) is 5.68. The third-order valence-electron chi connectivity index (χ3n) is 5.68. The maximum atomic E-state index is 12.5. The molecule has 150 valence electrons. The van der Waals surface area contributed by atoms with Gasteiger partial charge in [-0.15, -0.1) is 0 Å². The van der Waals surface area contributed by atoms with Crippen LogP contribution in [0.2, 0.25) is 0 Å². The monoisotopic (exact) mass is 383 g/mol. The number of likely N-dealkylation sites (tertiary alicyclic amines) is 1. The van der Waals surface area contributed by atoms with E-state index in [9.17, 15) is 4.79 Å². The van der Waals surface area contributed by atoms with Crippen molar-refractivity contribution in [3.63, 3.8) is 0 Å². The molecule has 2 aromatic rings. The number of nitrogens with zero attached hydrogens (tertiary/aromatic N) is 5. The van der Waals surface area contributed by atoms with Gasteiger partial charge >= 0.3 is 0 Å². The van der Waals surface area contributed by atoms with Crippen molar-refractivity contribution in [1.82, 2.24) is 19.4 Å². The molecule has 2 aliphatic rings. The minimum Gasteiger partial charge on any atom is -0.497 e. The summed E-state index contributed by atoms with van der Waals surface area (Å²) < 4.78 is 7.44. The van der Waals surface area contributed by atoms with E-state index < -0.39 is 0 Å². The van der Waals surface area contributed by atoms with Crippen LogP contribution in [0.5, 0.6) is 5.75 Å². The number of rotatable bonds is 5. The number of piperidine rings is 1. The first-order valence-electron chi connectivity index (χ1n) is 10.2. The fourth-order valence-corrected chi connectivity index (χ4v) is 4.03. The standard InChI is InChI=1S/C21H29N5O2/c1-28-19-7-5-6-18(16-19)26-11-8-22-21(26)25-14-12-23(13-15-25)17-20(27)24-9-3-2-4-10-24/h5-8,11,16H,2-4,9-10,12-15,17H2,1H3. The fourth-order valence-electron chi connectivity index (χ4n) is 4.03. The van der Waals surface area contributed by atoms with Crippen LogP contribution in [0.4, 0.5) is 5.95 Å². The molecule has 0 unspecified atom stereocenters. The normalized spacial score (nSPS) is 18.3. The maximum Gasteiger partial charge on any atom is 0.236 e. The Balaban J connectivity index is 1.37. The molecule has 0 N–H and O–H groups in total. The van der Waals surface area contributed by atoms with E-state index in [2.05, 4.69) is 25.4 Å². The molecule has 2 aliphatic heterocycles. The van der Waals surface area contributed by atoms with Gasteiger partial charge in [0.15, 0.2) is 0 Å².